The minimum absolute atomic E-state index is 0.0461. The third-order valence-corrected chi connectivity index (χ3v) is 4.02. The highest BCUT2D eigenvalue weighted by Crippen LogP contribution is 2.22. The van der Waals surface area contributed by atoms with Crippen LogP contribution in [0.3, 0.4) is 0 Å². The largest absolute Gasteiger partial charge is 0.508 e. The molecule has 4 nitrogen and oxygen atoms in total. The molecular weight excluding hydrogens is 238 g/mol. The highest BCUT2D eigenvalue weighted by Gasteiger charge is 2.25. The predicted octanol–water partition coefficient (Wildman–Crippen LogP) is 2.06. The molecule has 0 aliphatic carbocycles. The summed E-state index contributed by atoms with van der Waals surface area (Å²) < 4.78 is 25.7. The summed E-state index contributed by atoms with van der Waals surface area (Å²) >= 11 is 0. The first-order valence-electron chi connectivity index (χ1n) is 5.38. The van der Waals surface area contributed by atoms with Crippen LogP contribution in [0.1, 0.15) is 20.8 Å². The molecule has 1 aromatic carbocycles. The molecule has 0 bridgehead atoms. The molecule has 96 valence electrons. The lowest BCUT2D eigenvalue weighted by molar-refractivity contribution is 0.310. The van der Waals surface area contributed by atoms with Gasteiger partial charge >= 0.3 is 0 Å². The van der Waals surface area contributed by atoms with E-state index in [1.807, 2.05) is 20.8 Å². The lowest BCUT2D eigenvalue weighted by Gasteiger charge is -2.26. The van der Waals surface area contributed by atoms with Gasteiger partial charge in [0.1, 0.15) is 5.75 Å². The maximum atomic E-state index is 12.2. The maximum Gasteiger partial charge on any atom is 0.242 e. The van der Waals surface area contributed by atoms with Crippen molar-refractivity contribution in [2.45, 2.75) is 25.7 Å². The van der Waals surface area contributed by atoms with Crippen molar-refractivity contribution in [2.75, 3.05) is 13.6 Å². The van der Waals surface area contributed by atoms with Gasteiger partial charge in [0.15, 0.2) is 0 Å². The van der Waals surface area contributed by atoms with E-state index in [4.69, 9.17) is 0 Å². The number of sulfonamides is 1. The number of phenols is 1. The van der Waals surface area contributed by atoms with Crippen LogP contribution in [0.2, 0.25) is 0 Å². The van der Waals surface area contributed by atoms with Gasteiger partial charge in [0.05, 0.1) is 4.90 Å². The van der Waals surface area contributed by atoms with Gasteiger partial charge in [-0.3, -0.25) is 0 Å². The summed E-state index contributed by atoms with van der Waals surface area (Å²) in [6, 6.07) is 5.71. The number of hydrogen-bond donors (Lipinski definition) is 1. The zero-order valence-corrected chi connectivity index (χ0v) is 11.5. The molecule has 0 aromatic heterocycles. The minimum atomic E-state index is -3.52. The molecule has 0 unspecified atom stereocenters. The van der Waals surface area contributed by atoms with E-state index in [1.165, 1.54) is 28.6 Å². The van der Waals surface area contributed by atoms with Gasteiger partial charge in [0, 0.05) is 13.6 Å². The molecule has 0 saturated heterocycles. The van der Waals surface area contributed by atoms with Crippen molar-refractivity contribution in [3.8, 4) is 5.75 Å². The average molecular weight is 257 g/mol. The Labute approximate surface area is 103 Å². The van der Waals surface area contributed by atoms with E-state index in [0.29, 0.717) is 6.54 Å². The van der Waals surface area contributed by atoms with Crippen molar-refractivity contribution in [1.29, 1.82) is 0 Å². The van der Waals surface area contributed by atoms with Crippen LogP contribution < -0.4 is 0 Å². The fourth-order valence-electron chi connectivity index (χ4n) is 1.58. The molecule has 0 fully saturated rings. The Morgan fingerprint density at radius 1 is 1.29 bits per heavy atom. The first-order chi connectivity index (χ1) is 7.63. The standard InChI is InChI=1S/C12H19NO3S/c1-12(2,3)9-13(4)17(15,16)11-7-5-6-10(14)8-11/h5-8,14H,9H2,1-4H3. The van der Waals surface area contributed by atoms with Crippen molar-refractivity contribution < 1.29 is 13.5 Å². The van der Waals surface area contributed by atoms with E-state index in [9.17, 15) is 13.5 Å². The summed E-state index contributed by atoms with van der Waals surface area (Å²) in [6.07, 6.45) is 0. The van der Waals surface area contributed by atoms with E-state index in [0.717, 1.165) is 0 Å². The molecule has 0 saturated carbocycles. The summed E-state index contributed by atoms with van der Waals surface area (Å²) in [5.41, 5.74) is -0.112. The Morgan fingerprint density at radius 2 is 1.88 bits per heavy atom. The molecule has 0 atom stereocenters. The van der Waals surface area contributed by atoms with Crippen LogP contribution in [0.25, 0.3) is 0 Å². The number of aromatic hydroxyl groups is 1. The van der Waals surface area contributed by atoms with E-state index in [1.54, 1.807) is 7.05 Å². The number of phenolic OH excluding ortho intramolecular Hbond substituents is 1. The van der Waals surface area contributed by atoms with Crippen molar-refractivity contribution in [1.82, 2.24) is 4.31 Å². The van der Waals surface area contributed by atoms with Crippen molar-refractivity contribution in [3.05, 3.63) is 24.3 Å². The lowest BCUT2D eigenvalue weighted by atomic mass is 9.97. The minimum Gasteiger partial charge on any atom is -0.508 e. The lowest BCUT2D eigenvalue weighted by Crippen LogP contribution is -2.34. The molecule has 1 N–H and O–H groups in total. The fourth-order valence-corrected chi connectivity index (χ4v) is 3.01. The summed E-state index contributed by atoms with van der Waals surface area (Å²) in [4.78, 5) is 0.115. The number of nitrogens with zero attached hydrogens (tertiary/aromatic N) is 1. The Kier molecular flexibility index (Phi) is 3.84. The normalized spacial score (nSPS) is 13.0. The van der Waals surface area contributed by atoms with Crippen LogP contribution in [0, 0.1) is 5.41 Å². The maximum absolute atomic E-state index is 12.2. The average Bonchev–Trinajstić information content (AvgIpc) is 2.15. The van der Waals surface area contributed by atoms with Crippen LogP contribution in [0.5, 0.6) is 5.75 Å². The quantitative estimate of drug-likeness (QED) is 0.901. The SMILES string of the molecule is CN(CC(C)(C)C)S(=O)(=O)c1cccc(O)c1. The Balaban J connectivity index is 3.04. The molecule has 0 heterocycles. The molecule has 0 spiro atoms. The van der Waals surface area contributed by atoms with Crippen LogP contribution in [-0.2, 0) is 10.0 Å². The Hall–Kier alpha value is -1.07. The fraction of sp³-hybridized carbons (Fsp3) is 0.500. The van der Waals surface area contributed by atoms with Gasteiger partial charge in [0.25, 0.3) is 0 Å². The van der Waals surface area contributed by atoms with Gasteiger partial charge in [-0.05, 0) is 23.6 Å². The number of benzene rings is 1. The van der Waals surface area contributed by atoms with E-state index in [-0.39, 0.29) is 16.1 Å². The molecule has 0 aliphatic heterocycles. The van der Waals surface area contributed by atoms with Gasteiger partial charge in [-0.15, -0.1) is 0 Å². The third kappa shape index (κ3) is 3.71. The monoisotopic (exact) mass is 257 g/mol. The van der Waals surface area contributed by atoms with Crippen molar-refractivity contribution in [2.24, 2.45) is 5.41 Å². The van der Waals surface area contributed by atoms with Gasteiger partial charge in [-0.25, -0.2) is 12.7 Å². The molecule has 0 aliphatic rings. The van der Waals surface area contributed by atoms with Gasteiger partial charge in [-0.2, -0.15) is 0 Å². The van der Waals surface area contributed by atoms with Crippen LogP contribution in [-0.4, -0.2) is 31.4 Å². The second kappa shape index (κ2) is 4.66. The van der Waals surface area contributed by atoms with E-state index >= 15 is 0 Å². The van der Waals surface area contributed by atoms with Gasteiger partial charge < -0.3 is 5.11 Å². The van der Waals surface area contributed by atoms with Crippen molar-refractivity contribution >= 4 is 10.0 Å². The second-order valence-corrected chi connectivity index (χ2v) is 7.36. The second-order valence-electron chi connectivity index (χ2n) is 5.32. The van der Waals surface area contributed by atoms with Crippen LogP contribution >= 0.6 is 0 Å². The number of rotatable bonds is 3. The van der Waals surface area contributed by atoms with Gasteiger partial charge in [-0.1, -0.05) is 26.8 Å². The van der Waals surface area contributed by atoms with Crippen LogP contribution in [0.15, 0.2) is 29.2 Å². The first kappa shape index (κ1) is 14.0. The van der Waals surface area contributed by atoms with Gasteiger partial charge in [0.2, 0.25) is 10.0 Å². The molecular formula is C12H19NO3S. The molecule has 17 heavy (non-hydrogen) atoms. The number of hydrogen-bond acceptors (Lipinski definition) is 3. The molecule has 1 aromatic rings. The zero-order valence-electron chi connectivity index (χ0n) is 10.6. The van der Waals surface area contributed by atoms with Crippen molar-refractivity contribution in [3.63, 3.8) is 0 Å². The molecule has 1 rings (SSSR count). The summed E-state index contributed by atoms with van der Waals surface area (Å²) in [5.74, 6) is -0.0461. The molecule has 0 amide bonds. The Morgan fingerprint density at radius 3 is 2.35 bits per heavy atom. The highest BCUT2D eigenvalue weighted by molar-refractivity contribution is 7.89. The summed E-state index contributed by atoms with van der Waals surface area (Å²) in [6.45, 7) is 6.34. The topological polar surface area (TPSA) is 57.6 Å². The third-order valence-electron chi connectivity index (χ3n) is 2.22. The highest BCUT2D eigenvalue weighted by atomic mass is 32.2. The predicted molar refractivity (Wildman–Crippen MR) is 67.4 cm³/mol. The summed E-state index contributed by atoms with van der Waals surface area (Å²) in [5, 5.41) is 9.31. The zero-order chi connectivity index (χ0) is 13.3. The molecule has 5 heteroatoms. The smallest absolute Gasteiger partial charge is 0.242 e. The van der Waals surface area contributed by atoms with Crippen LogP contribution in [0.4, 0.5) is 0 Å². The first-order valence-corrected chi connectivity index (χ1v) is 6.82. The summed E-state index contributed by atoms with van der Waals surface area (Å²) in [7, 11) is -1.98. The Bertz CT molecular complexity index is 489. The van der Waals surface area contributed by atoms with E-state index in [2.05, 4.69) is 0 Å². The molecule has 0 radical (unpaired) electrons. The van der Waals surface area contributed by atoms with E-state index < -0.39 is 10.0 Å².